The van der Waals surface area contributed by atoms with Crippen LogP contribution in [-0.2, 0) is 17.8 Å². The van der Waals surface area contributed by atoms with Gasteiger partial charge in [-0.1, -0.05) is 0 Å². The van der Waals surface area contributed by atoms with E-state index in [9.17, 15) is 4.57 Å². The first kappa shape index (κ1) is 18.2. The van der Waals surface area contributed by atoms with E-state index in [-0.39, 0.29) is 6.16 Å². The van der Waals surface area contributed by atoms with Crippen LogP contribution in [-0.4, -0.2) is 44.6 Å². The van der Waals surface area contributed by atoms with E-state index in [1.54, 1.807) is 0 Å². The molecule has 8 heteroatoms. The maximum absolute atomic E-state index is 10.7. The van der Waals surface area contributed by atoms with Crippen LogP contribution in [0.5, 0.6) is 0 Å². The van der Waals surface area contributed by atoms with Crippen LogP contribution in [0.1, 0.15) is 33.6 Å². The summed E-state index contributed by atoms with van der Waals surface area (Å²) >= 11 is 0. The number of unbranched alkanes of at least 4 members (excludes halogenated alkanes) is 1. The summed E-state index contributed by atoms with van der Waals surface area (Å²) in [6.07, 6.45) is 0.992. The summed E-state index contributed by atoms with van der Waals surface area (Å²) in [6.45, 7) is 7.21. The zero-order chi connectivity index (χ0) is 14.1. The lowest BCUT2D eigenvalue weighted by molar-refractivity contribution is 0.0707. The van der Waals surface area contributed by atoms with Gasteiger partial charge in [-0.15, -0.1) is 0 Å². The van der Waals surface area contributed by atoms with Crippen molar-refractivity contribution >= 4 is 16.4 Å². The van der Waals surface area contributed by atoms with Crippen molar-refractivity contribution in [2.75, 3.05) is 26.0 Å². The van der Waals surface area contributed by atoms with E-state index in [4.69, 9.17) is 23.1 Å². The molecule has 0 aromatic rings. The van der Waals surface area contributed by atoms with Crippen LogP contribution in [0.3, 0.4) is 0 Å². The Hall–Kier alpha value is 0.247. The first-order valence-corrected chi connectivity index (χ1v) is 10.1. The molecule has 0 atom stereocenters. The number of rotatable bonds is 11. The highest BCUT2D eigenvalue weighted by atomic mass is 31.2. The zero-order valence-corrected chi connectivity index (χ0v) is 13.3. The van der Waals surface area contributed by atoms with Crippen LogP contribution in [0.15, 0.2) is 0 Å². The second-order valence-corrected chi connectivity index (χ2v) is 8.34. The predicted molar refractivity (Wildman–Crippen MR) is 71.6 cm³/mol. The lowest BCUT2D eigenvalue weighted by Gasteiger charge is -2.28. The molecule has 0 aromatic carbocycles. The minimum Gasteiger partial charge on any atom is -0.374 e. The van der Waals surface area contributed by atoms with Crippen molar-refractivity contribution in [1.82, 2.24) is 0 Å². The van der Waals surface area contributed by atoms with Gasteiger partial charge < -0.3 is 23.1 Å². The third-order valence-electron chi connectivity index (χ3n) is 2.28. The summed E-state index contributed by atoms with van der Waals surface area (Å²) in [5.41, 5.74) is 0. The summed E-state index contributed by atoms with van der Waals surface area (Å²) in [4.78, 5) is 17.6. The molecule has 0 aromatic heterocycles. The normalized spacial score (nSPS) is 12.9. The first-order valence-electron chi connectivity index (χ1n) is 6.35. The highest BCUT2D eigenvalue weighted by molar-refractivity contribution is 7.51. The largest absolute Gasteiger partial charge is 0.500 e. The van der Waals surface area contributed by atoms with E-state index in [2.05, 4.69) is 0 Å². The van der Waals surface area contributed by atoms with Gasteiger partial charge in [0.1, 0.15) is 0 Å². The van der Waals surface area contributed by atoms with E-state index in [1.807, 2.05) is 20.8 Å². The fourth-order valence-electron chi connectivity index (χ4n) is 1.66. The Kier molecular flexibility index (Phi) is 9.32. The average molecular weight is 300 g/mol. The van der Waals surface area contributed by atoms with Crippen molar-refractivity contribution in [3.63, 3.8) is 0 Å². The average Bonchev–Trinajstić information content (AvgIpc) is 2.24. The Morgan fingerprint density at radius 1 is 0.944 bits per heavy atom. The van der Waals surface area contributed by atoms with Crippen molar-refractivity contribution in [2.45, 2.75) is 39.7 Å². The van der Waals surface area contributed by atoms with Gasteiger partial charge in [0.2, 0.25) is 0 Å². The van der Waals surface area contributed by atoms with Gasteiger partial charge in [0.25, 0.3) is 0 Å². The van der Waals surface area contributed by atoms with Gasteiger partial charge in [0.15, 0.2) is 0 Å². The number of hydrogen-bond acceptors (Lipinski definition) is 4. The van der Waals surface area contributed by atoms with Gasteiger partial charge in [0.05, 0.1) is 0 Å². The summed E-state index contributed by atoms with van der Waals surface area (Å²) in [5, 5.41) is 0. The number of hydrogen-bond donors (Lipinski definition) is 2. The van der Waals surface area contributed by atoms with Crippen LogP contribution in [0.4, 0.5) is 0 Å². The standard InChI is InChI=1S/C10H25O6PSi/c1-4-14-18(15-5-2,16-6-3)10-8-7-9-17(11,12)13/h4-10H2,1-3H3,(H2,11,12,13). The highest BCUT2D eigenvalue weighted by Gasteiger charge is 2.39. The summed E-state index contributed by atoms with van der Waals surface area (Å²) in [5.74, 6) is 0. The van der Waals surface area contributed by atoms with E-state index < -0.39 is 16.4 Å². The molecule has 0 fully saturated rings. The third-order valence-corrected chi connectivity index (χ3v) is 6.33. The zero-order valence-electron chi connectivity index (χ0n) is 11.4. The van der Waals surface area contributed by atoms with Crippen LogP contribution < -0.4 is 0 Å². The maximum Gasteiger partial charge on any atom is 0.500 e. The van der Waals surface area contributed by atoms with Gasteiger partial charge in [-0.25, -0.2) is 0 Å². The van der Waals surface area contributed by atoms with E-state index in [0.717, 1.165) is 0 Å². The van der Waals surface area contributed by atoms with Crippen molar-refractivity contribution in [2.24, 2.45) is 0 Å². The van der Waals surface area contributed by atoms with Crippen LogP contribution in [0, 0.1) is 0 Å². The molecule has 0 unspecified atom stereocenters. The molecule has 0 aliphatic rings. The lowest BCUT2D eigenvalue weighted by atomic mass is 10.4. The summed E-state index contributed by atoms with van der Waals surface area (Å²) in [6, 6.07) is 0.600. The van der Waals surface area contributed by atoms with E-state index in [0.29, 0.717) is 38.7 Å². The third kappa shape index (κ3) is 8.37. The van der Waals surface area contributed by atoms with Crippen molar-refractivity contribution in [1.29, 1.82) is 0 Å². The molecule has 6 nitrogen and oxygen atoms in total. The molecule has 0 bridgehead atoms. The molecule has 2 N–H and O–H groups in total. The highest BCUT2D eigenvalue weighted by Crippen LogP contribution is 2.36. The van der Waals surface area contributed by atoms with Crippen LogP contribution in [0.25, 0.3) is 0 Å². The summed E-state index contributed by atoms with van der Waals surface area (Å²) < 4.78 is 27.7. The second-order valence-electron chi connectivity index (χ2n) is 3.83. The molecule has 0 heterocycles. The topological polar surface area (TPSA) is 85.2 Å². The van der Waals surface area contributed by atoms with Gasteiger partial charge >= 0.3 is 16.4 Å². The Bertz CT molecular complexity index is 240. The Balaban J connectivity index is 4.25. The maximum atomic E-state index is 10.7. The Morgan fingerprint density at radius 2 is 1.39 bits per heavy atom. The molecule has 0 spiro atoms. The van der Waals surface area contributed by atoms with Crippen LogP contribution >= 0.6 is 7.60 Å². The second kappa shape index (κ2) is 9.20. The monoisotopic (exact) mass is 300 g/mol. The molecule has 110 valence electrons. The SMILES string of the molecule is CCO[Si](CCCCP(=O)(O)O)(OCC)OCC. The fraction of sp³-hybridized carbons (Fsp3) is 1.00. The minimum absolute atomic E-state index is 0.0954. The fourth-order valence-corrected chi connectivity index (χ4v) is 4.98. The van der Waals surface area contributed by atoms with Crippen molar-refractivity contribution < 1.29 is 27.6 Å². The van der Waals surface area contributed by atoms with Crippen LogP contribution in [0.2, 0.25) is 6.04 Å². The van der Waals surface area contributed by atoms with Crippen molar-refractivity contribution in [3.05, 3.63) is 0 Å². The molecule has 0 rings (SSSR count). The molecule has 0 amide bonds. The predicted octanol–water partition coefficient (Wildman–Crippen LogP) is 1.99. The first-order chi connectivity index (χ1) is 8.39. The molecule has 0 saturated heterocycles. The van der Waals surface area contributed by atoms with E-state index in [1.165, 1.54) is 0 Å². The molecular formula is C10H25O6PSi. The van der Waals surface area contributed by atoms with E-state index >= 15 is 0 Å². The van der Waals surface area contributed by atoms with Gasteiger partial charge in [-0.05, 0) is 33.6 Å². The van der Waals surface area contributed by atoms with Gasteiger partial charge in [-0.2, -0.15) is 0 Å². The molecule has 0 saturated carbocycles. The molecule has 18 heavy (non-hydrogen) atoms. The lowest BCUT2D eigenvalue weighted by Crippen LogP contribution is -2.45. The van der Waals surface area contributed by atoms with Crippen molar-refractivity contribution in [3.8, 4) is 0 Å². The molecule has 0 aliphatic carbocycles. The Morgan fingerprint density at radius 3 is 1.72 bits per heavy atom. The van der Waals surface area contributed by atoms with Gasteiger partial charge in [-0.3, -0.25) is 4.57 Å². The van der Waals surface area contributed by atoms with Gasteiger partial charge in [0, 0.05) is 32.0 Å². The smallest absolute Gasteiger partial charge is 0.374 e. The summed E-state index contributed by atoms with van der Waals surface area (Å²) in [7, 11) is -6.55. The molecule has 0 radical (unpaired) electrons. The minimum atomic E-state index is -3.90. The Labute approximate surface area is 110 Å². The molecular weight excluding hydrogens is 275 g/mol. The molecule has 0 aliphatic heterocycles. The quantitative estimate of drug-likeness (QED) is 0.345.